The molecule has 21 heteroatoms. The highest BCUT2D eigenvalue weighted by atomic mass is 35.5. The zero-order valence-electron chi connectivity index (χ0n) is 31.2. The van der Waals surface area contributed by atoms with Gasteiger partial charge in [0.15, 0.2) is 10.9 Å². The Bertz CT molecular complexity index is 2040. The number of nitrogens with one attached hydrogen (secondary N) is 3. The summed E-state index contributed by atoms with van der Waals surface area (Å²) >= 11 is 7.46. The molecular formula is C36H43ClN10O9S. The van der Waals surface area contributed by atoms with Crippen LogP contribution in [0.4, 0.5) is 32.9 Å². The minimum absolute atomic E-state index is 0.0716. The average molecular weight is 827 g/mol. The number of nitrogens with two attached hydrogens (primary N) is 2. The van der Waals surface area contributed by atoms with Crippen LogP contribution < -0.4 is 37.1 Å². The number of esters is 1. The number of carbonyl (C=O) groups excluding carboxylic acids is 4. The summed E-state index contributed by atoms with van der Waals surface area (Å²) in [6.07, 6.45) is 0.605. The molecule has 0 bridgehead atoms. The molecule has 57 heavy (non-hydrogen) atoms. The third-order valence-electron chi connectivity index (χ3n) is 8.34. The Morgan fingerprint density at radius 1 is 1.00 bits per heavy atom. The lowest BCUT2D eigenvalue weighted by molar-refractivity contribution is -0.149. The number of anilines is 5. The van der Waals surface area contributed by atoms with Crippen LogP contribution in [0.15, 0.2) is 42.6 Å². The van der Waals surface area contributed by atoms with E-state index >= 15 is 0 Å². The maximum atomic E-state index is 12.9. The summed E-state index contributed by atoms with van der Waals surface area (Å²) in [5, 5.41) is 19.4. The average Bonchev–Trinajstić information content (AvgIpc) is 3.64. The molecule has 0 radical (unpaired) electrons. The number of rotatable bonds is 18. The van der Waals surface area contributed by atoms with Crippen LogP contribution in [0.2, 0.25) is 5.02 Å². The van der Waals surface area contributed by atoms with Gasteiger partial charge in [-0.1, -0.05) is 35.1 Å². The molecule has 0 unspecified atom stereocenters. The van der Waals surface area contributed by atoms with E-state index < -0.39 is 29.3 Å². The van der Waals surface area contributed by atoms with E-state index in [1.165, 1.54) is 29.7 Å². The lowest BCUT2D eigenvalue weighted by Gasteiger charge is -2.35. The second kappa shape index (κ2) is 20.4. The number of phenols is 1. The van der Waals surface area contributed by atoms with Crippen molar-refractivity contribution in [2.45, 2.75) is 13.8 Å². The number of ether oxygens (including phenoxy) is 4. The number of carbonyl (C=O) groups is 4. The first kappa shape index (κ1) is 42.3. The highest BCUT2D eigenvalue weighted by molar-refractivity contribution is 7.17. The van der Waals surface area contributed by atoms with E-state index in [9.17, 15) is 24.3 Å². The number of aryl methyl sites for hydroxylation is 2. The monoisotopic (exact) mass is 826 g/mol. The summed E-state index contributed by atoms with van der Waals surface area (Å²) in [5.74, 6) is -0.740. The van der Waals surface area contributed by atoms with Crippen LogP contribution in [-0.4, -0.2) is 121 Å². The number of amides is 3. The summed E-state index contributed by atoms with van der Waals surface area (Å²) in [6.45, 7) is 7.57. The predicted octanol–water partition coefficient (Wildman–Crippen LogP) is 3.07. The highest BCUT2D eigenvalue weighted by Gasteiger charge is 2.22. The fourth-order valence-electron chi connectivity index (χ4n) is 5.47. The van der Waals surface area contributed by atoms with Crippen molar-refractivity contribution >= 4 is 75.0 Å². The quantitative estimate of drug-likeness (QED) is 0.0365. The lowest BCUT2D eigenvalue weighted by atomic mass is 10.1. The SMILES string of the molecule is Cc1nc(Nc2ncc(C(=O)Nc3c(C)cccc3Cl)s2)cc(N2CCN(CCOC(=O)COCCOCCNC(=O)Oc3ccc(N)c(O)c3C(N)=O)CC2)n1. The van der Waals surface area contributed by atoms with Gasteiger partial charge in [-0.15, -0.1) is 0 Å². The van der Waals surface area contributed by atoms with Gasteiger partial charge in [-0.05, 0) is 37.6 Å². The smallest absolute Gasteiger partial charge is 0.412 e. The fourth-order valence-corrected chi connectivity index (χ4v) is 6.46. The van der Waals surface area contributed by atoms with Crippen LogP contribution in [0.3, 0.4) is 0 Å². The molecule has 0 aliphatic carbocycles. The van der Waals surface area contributed by atoms with E-state index in [1.807, 2.05) is 32.0 Å². The number of hydrogen-bond acceptors (Lipinski definition) is 17. The molecule has 19 nitrogen and oxygen atoms in total. The van der Waals surface area contributed by atoms with Gasteiger partial charge >= 0.3 is 12.1 Å². The van der Waals surface area contributed by atoms with Crippen molar-refractivity contribution in [3.8, 4) is 11.5 Å². The molecule has 304 valence electrons. The first-order valence-corrected chi connectivity index (χ1v) is 18.9. The Kier molecular flexibility index (Phi) is 15.1. The van der Waals surface area contributed by atoms with Crippen molar-refractivity contribution in [3.05, 3.63) is 69.4 Å². The first-order valence-electron chi connectivity index (χ1n) is 17.7. The maximum Gasteiger partial charge on any atom is 0.412 e. The van der Waals surface area contributed by atoms with Gasteiger partial charge in [0.05, 0.1) is 42.4 Å². The Morgan fingerprint density at radius 3 is 2.53 bits per heavy atom. The van der Waals surface area contributed by atoms with Gasteiger partial charge in [0, 0.05) is 45.3 Å². The number of halogens is 1. The Hall–Kier alpha value is -5.80. The van der Waals surface area contributed by atoms with Gasteiger partial charge in [-0.25, -0.2) is 24.5 Å². The van der Waals surface area contributed by atoms with Crippen molar-refractivity contribution in [2.75, 3.05) is 93.6 Å². The molecule has 0 saturated carbocycles. The molecule has 0 atom stereocenters. The number of nitrogen functional groups attached to an aromatic ring is 1. The van der Waals surface area contributed by atoms with Crippen molar-refractivity contribution in [2.24, 2.45) is 5.73 Å². The van der Waals surface area contributed by atoms with Crippen LogP contribution in [0.1, 0.15) is 31.4 Å². The van der Waals surface area contributed by atoms with Gasteiger partial charge in [0.25, 0.3) is 11.8 Å². The third-order valence-corrected chi connectivity index (χ3v) is 9.57. The predicted molar refractivity (Wildman–Crippen MR) is 213 cm³/mol. The van der Waals surface area contributed by atoms with Gasteiger partial charge < -0.3 is 56.4 Å². The van der Waals surface area contributed by atoms with Crippen molar-refractivity contribution in [3.63, 3.8) is 0 Å². The first-order chi connectivity index (χ1) is 27.4. The number of aromatic hydroxyl groups is 1. The van der Waals surface area contributed by atoms with Crippen molar-refractivity contribution < 1.29 is 43.2 Å². The molecule has 3 amide bonds. The number of para-hydroxylation sites is 1. The minimum Gasteiger partial charge on any atom is -0.505 e. The zero-order chi connectivity index (χ0) is 40.9. The molecule has 3 heterocycles. The van der Waals surface area contributed by atoms with Gasteiger partial charge in [-0.3, -0.25) is 14.5 Å². The number of piperazine rings is 1. The molecule has 1 fully saturated rings. The molecule has 2 aromatic heterocycles. The van der Waals surface area contributed by atoms with Crippen LogP contribution in [-0.2, 0) is 19.0 Å². The van der Waals surface area contributed by atoms with E-state index in [0.717, 1.165) is 24.5 Å². The molecule has 0 spiro atoms. The number of aromatic nitrogens is 3. The van der Waals surface area contributed by atoms with Gasteiger partial charge in [0.2, 0.25) is 0 Å². The van der Waals surface area contributed by atoms with E-state index in [4.69, 9.17) is 42.0 Å². The largest absolute Gasteiger partial charge is 0.505 e. The number of hydrogen-bond donors (Lipinski definition) is 6. The van der Waals surface area contributed by atoms with Crippen molar-refractivity contribution in [1.29, 1.82) is 0 Å². The van der Waals surface area contributed by atoms with Crippen molar-refractivity contribution in [1.82, 2.24) is 25.2 Å². The van der Waals surface area contributed by atoms with Crippen LogP contribution in [0, 0.1) is 13.8 Å². The van der Waals surface area contributed by atoms with Crippen LogP contribution >= 0.6 is 22.9 Å². The number of benzene rings is 2. The molecule has 2 aromatic carbocycles. The lowest BCUT2D eigenvalue weighted by Crippen LogP contribution is -2.47. The van der Waals surface area contributed by atoms with E-state index in [1.54, 1.807) is 6.07 Å². The van der Waals surface area contributed by atoms with E-state index in [0.29, 0.717) is 52.0 Å². The summed E-state index contributed by atoms with van der Waals surface area (Å²) in [4.78, 5) is 66.9. The van der Waals surface area contributed by atoms with Crippen LogP contribution in [0.25, 0.3) is 0 Å². The normalized spacial score (nSPS) is 12.9. The number of nitrogens with zero attached hydrogens (tertiary/aromatic N) is 5. The Labute approximate surface area is 336 Å². The Morgan fingerprint density at radius 2 is 1.77 bits per heavy atom. The van der Waals surface area contributed by atoms with Crippen LogP contribution in [0.5, 0.6) is 11.5 Å². The topological polar surface area (TPSA) is 259 Å². The zero-order valence-corrected chi connectivity index (χ0v) is 32.8. The molecule has 1 aliphatic heterocycles. The fraction of sp³-hybridized carbons (Fsp3) is 0.361. The number of primary amides is 1. The standard InChI is InChI=1S/C36H43ClN10O9S/c1-21-4-3-5-23(37)31(21)45-34(51)26-19-41-35(57-26)44-27-18-28(43-22(2)42-27)47-11-9-46(10-12-47)13-15-55-29(48)20-54-17-16-53-14-8-40-36(52)56-25-7-6-24(38)32(49)30(25)33(39)50/h3-7,18-19,49H,8-17,20,38H2,1-2H3,(H2,39,50)(H,40,52)(H,45,51)(H,41,42,43,44). The molecule has 8 N–H and O–H groups in total. The number of thiazole rings is 1. The summed E-state index contributed by atoms with van der Waals surface area (Å²) < 4.78 is 21.0. The van der Waals surface area contributed by atoms with Gasteiger partial charge in [0.1, 0.15) is 46.9 Å². The summed E-state index contributed by atoms with van der Waals surface area (Å²) in [7, 11) is 0. The van der Waals surface area contributed by atoms with Gasteiger partial charge in [-0.2, -0.15) is 0 Å². The summed E-state index contributed by atoms with van der Waals surface area (Å²) in [5.41, 5.74) is 11.7. The minimum atomic E-state index is -1.01. The van der Waals surface area contributed by atoms with E-state index in [-0.39, 0.29) is 56.9 Å². The molecule has 1 saturated heterocycles. The maximum absolute atomic E-state index is 12.9. The molecule has 1 aliphatic rings. The Balaban J connectivity index is 0.929. The molecule has 5 rings (SSSR count). The third kappa shape index (κ3) is 12.3. The second-order valence-corrected chi connectivity index (χ2v) is 13.9. The summed E-state index contributed by atoms with van der Waals surface area (Å²) in [6, 6.07) is 9.76. The molecular weight excluding hydrogens is 784 g/mol. The second-order valence-electron chi connectivity index (χ2n) is 12.5. The highest BCUT2D eigenvalue weighted by Crippen LogP contribution is 2.33. The van der Waals surface area contributed by atoms with E-state index in [2.05, 4.69) is 40.7 Å². The molecule has 4 aromatic rings.